The van der Waals surface area contributed by atoms with Crippen molar-refractivity contribution in [3.63, 3.8) is 0 Å². The van der Waals surface area contributed by atoms with Crippen molar-refractivity contribution >= 4 is 17.3 Å². The highest BCUT2D eigenvalue weighted by Gasteiger charge is 2.31. The molecule has 182 valence electrons. The Morgan fingerprint density at radius 2 is 1.74 bits per heavy atom. The lowest BCUT2D eigenvalue weighted by atomic mass is 10.1. The van der Waals surface area contributed by atoms with Gasteiger partial charge in [-0.15, -0.1) is 11.3 Å². The van der Waals surface area contributed by atoms with Crippen molar-refractivity contribution in [1.82, 2.24) is 9.88 Å². The van der Waals surface area contributed by atoms with Crippen LogP contribution in [0.3, 0.4) is 0 Å². The maximum absolute atomic E-state index is 12.8. The standard InChI is InChI=1S/C25H27F3N2O3S/c1-15-12-17(6-11-20(15)33-24(3,4)23(31)32)13-30(5)14-21-16(2)29-22(34-21)18-7-9-19(10-8-18)25(26,27)28/h6-12H,13-14H2,1-5H3,(H,31,32). The van der Waals surface area contributed by atoms with Crippen LogP contribution in [0.2, 0.25) is 0 Å². The third-order valence-corrected chi connectivity index (χ3v) is 6.53. The molecule has 0 unspecified atom stereocenters. The zero-order valence-electron chi connectivity index (χ0n) is 19.7. The number of aliphatic carboxylic acids is 1. The van der Waals surface area contributed by atoms with Crippen molar-refractivity contribution in [2.45, 2.75) is 52.6 Å². The van der Waals surface area contributed by atoms with Crippen LogP contribution in [-0.4, -0.2) is 33.6 Å². The van der Waals surface area contributed by atoms with Gasteiger partial charge in [0.25, 0.3) is 0 Å². The molecule has 34 heavy (non-hydrogen) atoms. The molecular formula is C25H27F3N2O3S. The molecule has 3 aromatic rings. The molecule has 0 saturated carbocycles. The largest absolute Gasteiger partial charge is 0.478 e. The van der Waals surface area contributed by atoms with Gasteiger partial charge in [0.2, 0.25) is 0 Å². The molecule has 1 aromatic heterocycles. The summed E-state index contributed by atoms with van der Waals surface area (Å²) in [7, 11) is 1.98. The summed E-state index contributed by atoms with van der Waals surface area (Å²) in [5.41, 5.74) is 1.40. The Kier molecular flexibility index (Phi) is 7.38. The van der Waals surface area contributed by atoms with Crippen LogP contribution in [-0.2, 0) is 24.1 Å². The van der Waals surface area contributed by atoms with E-state index in [1.54, 1.807) is 6.07 Å². The number of carboxylic acid groups (broad SMARTS) is 1. The lowest BCUT2D eigenvalue weighted by Crippen LogP contribution is -2.38. The Balaban J connectivity index is 1.67. The smallest absolute Gasteiger partial charge is 0.416 e. The Bertz CT molecular complexity index is 1170. The number of aryl methyl sites for hydroxylation is 2. The van der Waals surface area contributed by atoms with Gasteiger partial charge in [-0.05, 0) is 64.1 Å². The van der Waals surface area contributed by atoms with Gasteiger partial charge in [-0.3, -0.25) is 4.90 Å². The fourth-order valence-electron chi connectivity index (χ4n) is 3.36. The van der Waals surface area contributed by atoms with Crippen LogP contribution < -0.4 is 4.74 Å². The molecular weight excluding hydrogens is 465 g/mol. The summed E-state index contributed by atoms with van der Waals surface area (Å²) in [5, 5.41) is 9.96. The van der Waals surface area contributed by atoms with Gasteiger partial charge >= 0.3 is 12.1 Å². The Morgan fingerprint density at radius 1 is 1.09 bits per heavy atom. The molecule has 0 radical (unpaired) electrons. The maximum Gasteiger partial charge on any atom is 0.416 e. The summed E-state index contributed by atoms with van der Waals surface area (Å²) in [6.07, 6.45) is -4.36. The minimum atomic E-state index is -4.36. The van der Waals surface area contributed by atoms with Crippen LogP contribution in [0.15, 0.2) is 42.5 Å². The van der Waals surface area contributed by atoms with E-state index in [0.29, 0.717) is 29.4 Å². The van der Waals surface area contributed by atoms with Gasteiger partial charge < -0.3 is 9.84 Å². The first kappa shape index (κ1) is 25.7. The van der Waals surface area contributed by atoms with Crippen molar-refractivity contribution in [2.24, 2.45) is 0 Å². The van der Waals surface area contributed by atoms with Crippen molar-refractivity contribution in [3.05, 3.63) is 69.7 Å². The summed E-state index contributed by atoms with van der Waals surface area (Å²) >= 11 is 1.47. The second-order valence-electron chi connectivity index (χ2n) is 8.79. The Morgan fingerprint density at radius 3 is 2.29 bits per heavy atom. The molecule has 2 aromatic carbocycles. The summed E-state index contributed by atoms with van der Waals surface area (Å²) in [6, 6.07) is 10.7. The lowest BCUT2D eigenvalue weighted by molar-refractivity contribution is -0.152. The van der Waals surface area contributed by atoms with Gasteiger partial charge in [-0.25, -0.2) is 9.78 Å². The Labute approximate surface area is 200 Å². The van der Waals surface area contributed by atoms with Crippen molar-refractivity contribution in [2.75, 3.05) is 7.05 Å². The molecule has 0 saturated heterocycles. The van der Waals surface area contributed by atoms with Crippen LogP contribution in [0.1, 0.15) is 41.1 Å². The summed E-state index contributed by atoms with van der Waals surface area (Å²) < 4.78 is 44.1. The zero-order valence-corrected chi connectivity index (χ0v) is 20.5. The second kappa shape index (κ2) is 9.76. The van der Waals surface area contributed by atoms with Gasteiger partial charge in [0.15, 0.2) is 5.60 Å². The number of carbonyl (C=O) groups is 1. The topological polar surface area (TPSA) is 62.7 Å². The first-order chi connectivity index (χ1) is 15.8. The average molecular weight is 493 g/mol. The van der Waals surface area contributed by atoms with E-state index in [2.05, 4.69) is 9.88 Å². The second-order valence-corrected chi connectivity index (χ2v) is 9.88. The summed E-state index contributed by atoms with van der Waals surface area (Å²) in [5.74, 6) is -0.510. The number of ether oxygens (including phenoxy) is 1. The van der Waals surface area contributed by atoms with Crippen LogP contribution >= 0.6 is 11.3 Å². The van der Waals surface area contributed by atoms with E-state index in [1.165, 1.54) is 37.3 Å². The van der Waals surface area contributed by atoms with Gasteiger partial charge in [0, 0.05) is 23.5 Å². The molecule has 0 amide bonds. The molecule has 1 heterocycles. The molecule has 5 nitrogen and oxygen atoms in total. The zero-order chi connectivity index (χ0) is 25.3. The molecule has 0 aliphatic heterocycles. The van der Waals surface area contributed by atoms with Gasteiger partial charge in [-0.1, -0.05) is 24.3 Å². The fourth-order valence-corrected chi connectivity index (χ4v) is 4.50. The van der Waals surface area contributed by atoms with E-state index in [4.69, 9.17) is 4.74 Å². The third-order valence-electron chi connectivity index (χ3n) is 5.34. The molecule has 3 rings (SSSR count). The predicted octanol–water partition coefficient (Wildman–Crippen LogP) is 6.32. The van der Waals surface area contributed by atoms with Crippen molar-refractivity contribution in [3.8, 4) is 16.3 Å². The number of carboxylic acids is 1. The number of halogens is 3. The highest BCUT2D eigenvalue weighted by molar-refractivity contribution is 7.15. The summed E-state index contributed by atoms with van der Waals surface area (Å²) in [4.78, 5) is 19.0. The number of benzene rings is 2. The van der Waals surface area contributed by atoms with E-state index in [1.807, 2.05) is 33.0 Å². The number of thiazole rings is 1. The highest BCUT2D eigenvalue weighted by atomic mass is 32.1. The lowest BCUT2D eigenvalue weighted by Gasteiger charge is -2.23. The van der Waals surface area contributed by atoms with Crippen LogP contribution in [0.4, 0.5) is 13.2 Å². The molecule has 0 spiro atoms. The number of rotatable bonds is 8. The quantitative estimate of drug-likeness (QED) is 0.399. The molecule has 9 heteroatoms. The van der Waals surface area contributed by atoms with E-state index >= 15 is 0 Å². The molecule has 0 atom stereocenters. The normalized spacial score (nSPS) is 12.3. The minimum absolute atomic E-state index is 0.526. The minimum Gasteiger partial charge on any atom is -0.478 e. The van der Waals surface area contributed by atoms with Gasteiger partial charge in [0.1, 0.15) is 10.8 Å². The third kappa shape index (κ3) is 6.15. The van der Waals surface area contributed by atoms with Gasteiger partial charge in [0.05, 0.1) is 11.3 Å². The van der Waals surface area contributed by atoms with Crippen molar-refractivity contribution < 1.29 is 27.8 Å². The average Bonchev–Trinajstić information content (AvgIpc) is 3.09. The monoisotopic (exact) mass is 492 g/mol. The SMILES string of the molecule is Cc1cc(CN(C)Cc2sc(-c3ccc(C(F)(F)F)cc3)nc2C)ccc1OC(C)(C)C(=O)O. The summed E-state index contributed by atoms with van der Waals surface area (Å²) in [6.45, 7) is 8.07. The van der Waals surface area contributed by atoms with E-state index in [9.17, 15) is 23.1 Å². The predicted molar refractivity (Wildman–Crippen MR) is 126 cm³/mol. The van der Waals surface area contributed by atoms with Crippen LogP contribution in [0, 0.1) is 13.8 Å². The van der Waals surface area contributed by atoms with Crippen LogP contribution in [0.25, 0.3) is 10.6 Å². The number of hydrogen-bond acceptors (Lipinski definition) is 5. The number of alkyl halides is 3. The van der Waals surface area contributed by atoms with Gasteiger partial charge in [-0.2, -0.15) is 13.2 Å². The number of aromatic nitrogens is 1. The Hall–Kier alpha value is -2.91. The number of nitrogens with zero attached hydrogens (tertiary/aromatic N) is 2. The highest BCUT2D eigenvalue weighted by Crippen LogP contribution is 2.33. The van der Waals surface area contributed by atoms with E-state index < -0.39 is 23.3 Å². The fraction of sp³-hybridized carbons (Fsp3) is 0.360. The van der Waals surface area contributed by atoms with E-state index in [-0.39, 0.29) is 0 Å². The maximum atomic E-state index is 12.8. The van der Waals surface area contributed by atoms with Crippen LogP contribution in [0.5, 0.6) is 5.75 Å². The molecule has 0 aliphatic carbocycles. The first-order valence-electron chi connectivity index (χ1n) is 10.6. The number of hydrogen-bond donors (Lipinski definition) is 1. The molecule has 0 fully saturated rings. The molecule has 1 N–H and O–H groups in total. The molecule has 0 bridgehead atoms. The first-order valence-corrected chi connectivity index (χ1v) is 11.4. The van der Waals surface area contributed by atoms with Crippen molar-refractivity contribution in [1.29, 1.82) is 0 Å². The molecule has 0 aliphatic rings. The van der Waals surface area contributed by atoms with E-state index in [0.717, 1.165) is 33.8 Å².